The normalized spacial score (nSPS) is 14.2. The van der Waals surface area contributed by atoms with Gasteiger partial charge in [0.15, 0.2) is 0 Å². The van der Waals surface area contributed by atoms with Crippen molar-refractivity contribution in [3.63, 3.8) is 0 Å². The van der Waals surface area contributed by atoms with E-state index in [0.717, 1.165) is 24.1 Å². The Morgan fingerprint density at radius 1 is 1.40 bits per heavy atom. The van der Waals surface area contributed by atoms with Gasteiger partial charge in [-0.2, -0.15) is 0 Å². The van der Waals surface area contributed by atoms with Gasteiger partial charge in [-0.25, -0.2) is 4.68 Å². The van der Waals surface area contributed by atoms with Gasteiger partial charge in [-0.1, -0.05) is 25.5 Å². The molecule has 0 spiro atoms. The van der Waals surface area contributed by atoms with Gasteiger partial charge in [0.05, 0.1) is 11.8 Å². The van der Waals surface area contributed by atoms with Gasteiger partial charge in [-0.05, 0) is 41.5 Å². The molecule has 1 aromatic carbocycles. The molecule has 108 valence electrons. The van der Waals surface area contributed by atoms with Crippen LogP contribution in [0.1, 0.15) is 38.3 Å². The van der Waals surface area contributed by atoms with Gasteiger partial charge in [-0.3, -0.25) is 0 Å². The zero-order chi connectivity index (χ0) is 14.4. The van der Waals surface area contributed by atoms with Crippen molar-refractivity contribution in [2.24, 2.45) is 0 Å². The van der Waals surface area contributed by atoms with Crippen molar-refractivity contribution in [1.82, 2.24) is 25.5 Å². The molecule has 2 rings (SSSR count). The number of nitrogens with zero attached hydrogens (tertiary/aromatic N) is 4. The molecular formula is C14H21N5O. The number of rotatable bonds is 7. The lowest BCUT2D eigenvalue weighted by Gasteiger charge is -2.17. The van der Waals surface area contributed by atoms with E-state index in [-0.39, 0.29) is 12.1 Å². The summed E-state index contributed by atoms with van der Waals surface area (Å²) >= 11 is 0. The second-order valence-electron chi connectivity index (χ2n) is 4.92. The highest BCUT2D eigenvalue weighted by molar-refractivity contribution is 5.35. The van der Waals surface area contributed by atoms with Crippen LogP contribution in [0.2, 0.25) is 0 Å². The maximum absolute atomic E-state index is 9.76. The van der Waals surface area contributed by atoms with Crippen LogP contribution in [0, 0.1) is 0 Å². The first-order chi connectivity index (χ1) is 9.70. The van der Waals surface area contributed by atoms with Crippen molar-refractivity contribution < 1.29 is 5.11 Å². The molecule has 0 bridgehead atoms. The predicted molar refractivity (Wildman–Crippen MR) is 76.5 cm³/mol. The van der Waals surface area contributed by atoms with Gasteiger partial charge in [0, 0.05) is 12.6 Å². The van der Waals surface area contributed by atoms with E-state index in [0.29, 0.717) is 6.54 Å². The summed E-state index contributed by atoms with van der Waals surface area (Å²) in [4.78, 5) is 0. The summed E-state index contributed by atoms with van der Waals surface area (Å²) in [6.45, 7) is 4.75. The zero-order valence-electron chi connectivity index (χ0n) is 11.9. The highest BCUT2D eigenvalue weighted by Crippen LogP contribution is 2.16. The Kier molecular flexibility index (Phi) is 5.20. The number of benzene rings is 1. The topological polar surface area (TPSA) is 75.9 Å². The highest BCUT2D eigenvalue weighted by Gasteiger charge is 2.09. The Balaban J connectivity index is 2.00. The molecular weight excluding hydrogens is 254 g/mol. The molecule has 2 unspecified atom stereocenters. The van der Waals surface area contributed by atoms with Crippen LogP contribution in [0.5, 0.6) is 0 Å². The van der Waals surface area contributed by atoms with E-state index in [1.165, 1.54) is 0 Å². The minimum Gasteiger partial charge on any atom is -0.392 e. The molecule has 1 heterocycles. The Morgan fingerprint density at radius 2 is 2.25 bits per heavy atom. The van der Waals surface area contributed by atoms with Crippen LogP contribution < -0.4 is 5.32 Å². The Bertz CT molecular complexity index is 514. The number of nitrogens with one attached hydrogen (secondary N) is 1. The number of aliphatic hydroxyl groups excluding tert-OH is 1. The molecule has 1 aromatic heterocycles. The fourth-order valence-corrected chi connectivity index (χ4v) is 2.08. The van der Waals surface area contributed by atoms with Crippen LogP contribution in [0.25, 0.3) is 5.69 Å². The third kappa shape index (κ3) is 3.85. The summed E-state index contributed by atoms with van der Waals surface area (Å²) in [6, 6.07) is 8.20. The Labute approximate surface area is 118 Å². The van der Waals surface area contributed by atoms with Gasteiger partial charge in [0.2, 0.25) is 0 Å². The van der Waals surface area contributed by atoms with Gasteiger partial charge in [0.1, 0.15) is 6.33 Å². The first-order valence-corrected chi connectivity index (χ1v) is 6.95. The predicted octanol–water partition coefficient (Wildman–Crippen LogP) is 1.47. The lowest BCUT2D eigenvalue weighted by Crippen LogP contribution is -2.29. The first kappa shape index (κ1) is 14.6. The lowest BCUT2D eigenvalue weighted by atomic mass is 10.1. The van der Waals surface area contributed by atoms with E-state index in [9.17, 15) is 5.11 Å². The molecule has 0 aliphatic heterocycles. The minimum atomic E-state index is -0.287. The second-order valence-corrected chi connectivity index (χ2v) is 4.92. The summed E-state index contributed by atoms with van der Waals surface area (Å²) in [7, 11) is 0. The third-order valence-corrected chi connectivity index (χ3v) is 3.27. The lowest BCUT2D eigenvalue weighted by molar-refractivity contribution is 0.157. The molecule has 2 N–H and O–H groups in total. The number of aromatic nitrogens is 4. The van der Waals surface area contributed by atoms with Gasteiger partial charge in [-0.15, -0.1) is 5.10 Å². The van der Waals surface area contributed by atoms with Crippen LogP contribution in [0.4, 0.5) is 0 Å². The van der Waals surface area contributed by atoms with E-state index in [4.69, 9.17) is 0 Å². The molecule has 2 atom stereocenters. The standard InChI is InChI=1S/C14H21N5O/c1-3-5-14(20)9-15-11(2)12-6-4-7-13(8-12)19-10-16-17-18-19/h4,6-8,10-11,14-15,20H,3,5,9H2,1-2H3. The number of hydrogen-bond donors (Lipinski definition) is 2. The summed E-state index contributed by atoms with van der Waals surface area (Å²) < 4.78 is 1.63. The van der Waals surface area contributed by atoms with E-state index in [1.54, 1.807) is 11.0 Å². The fraction of sp³-hybridized carbons (Fsp3) is 0.500. The van der Waals surface area contributed by atoms with E-state index in [1.807, 2.05) is 18.2 Å². The smallest absolute Gasteiger partial charge is 0.143 e. The SMILES string of the molecule is CCCC(O)CNC(C)c1cccc(-n2cnnn2)c1. The van der Waals surface area contributed by atoms with Gasteiger partial charge in [0.25, 0.3) is 0 Å². The van der Waals surface area contributed by atoms with Crippen LogP contribution >= 0.6 is 0 Å². The summed E-state index contributed by atoms with van der Waals surface area (Å²) in [5.74, 6) is 0. The molecule has 6 nitrogen and oxygen atoms in total. The largest absolute Gasteiger partial charge is 0.392 e. The molecule has 6 heteroatoms. The Hall–Kier alpha value is -1.79. The zero-order valence-corrected chi connectivity index (χ0v) is 11.9. The summed E-state index contributed by atoms with van der Waals surface area (Å²) in [5.41, 5.74) is 2.07. The molecule has 20 heavy (non-hydrogen) atoms. The average molecular weight is 275 g/mol. The van der Waals surface area contributed by atoms with Gasteiger partial charge < -0.3 is 10.4 Å². The van der Waals surface area contributed by atoms with E-state index >= 15 is 0 Å². The van der Waals surface area contributed by atoms with Crippen LogP contribution in [-0.4, -0.2) is 38.0 Å². The molecule has 0 amide bonds. The summed E-state index contributed by atoms with van der Waals surface area (Å²) in [5, 5.41) is 24.3. The van der Waals surface area contributed by atoms with Crippen LogP contribution in [0.15, 0.2) is 30.6 Å². The monoisotopic (exact) mass is 275 g/mol. The molecule has 2 aromatic rings. The van der Waals surface area contributed by atoms with Crippen molar-refractivity contribution in [2.45, 2.75) is 38.8 Å². The maximum Gasteiger partial charge on any atom is 0.143 e. The molecule has 0 aliphatic rings. The quantitative estimate of drug-likeness (QED) is 0.800. The van der Waals surface area contributed by atoms with Crippen molar-refractivity contribution in [3.05, 3.63) is 36.2 Å². The Morgan fingerprint density at radius 3 is 2.95 bits per heavy atom. The first-order valence-electron chi connectivity index (χ1n) is 6.95. The number of hydrogen-bond acceptors (Lipinski definition) is 5. The van der Waals surface area contributed by atoms with Crippen LogP contribution in [-0.2, 0) is 0 Å². The number of aliphatic hydroxyl groups is 1. The molecule has 0 radical (unpaired) electrons. The summed E-state index contributed by atoms with van der Waals surface area (Å²) in [6.07, 6.45) is 3.10. The fourth-order valence-electron chi connectivity index (χ4n) is 2.08. The van der Waals surface area contributed by atoms with Crippen LogP contribution in [0.3, 0.4) is 0 Å². The van der Waals surface area contributed by atoms with Gasteiger partial charge >= 0.3 is 0 Å². The average Bonchev–Trinajstić information content (AvgIpc) is 2.99. The minimum absolute atomic E-state index is 0.165. The maximum atomic E-state index is 9.76. The third-order valence-electron chi connectivity index (χ3n) is 3.27. The van der Waals surface area contributed by atoms with Crippen molar-refractivity contribution >= 4 is 0 Å². The highest BCUT2D eigenvalue weighted by atomic mass is 16.3. The second kappa shape index (κ2) is 7.12. The molecule has 0 saturated carbocycles. The molecule has 0 saturated heterocycles. The molecule has 0 aliphatic carbocycles. The van der Waals surface area contributed by atoms with Crippen molar-refractivity contribution in [2.75, 3.05) is 6.54 Å². The van der Waals surface area contributed by atoms with E-state index < -0.39 is 0 Å². The number of tetrazole rings is 1. The van der Waals surface area contributed by atoms with E-state index in [2.05, 4.69) is 40.8 Å². The van der Waals surface area contributed by atoms with Crippen molar-refractivity contribution in [3.8, 4) is 5.69 Å². The molecule has 0 fully saturated rings. The van der Waals surface area contributed by atoms with Crippen molar-refractivity contribution in [1.29, 1.82) is 0 Å².